The molecule has 1 N–H and O–H groups in total. The van der Waals surface area contributed by atoms with Crippen LogP contribution in [0.15, 0.2) is 34.8 Å². The van der Waals surface area contributed by atoms with Crippen LogP contribution in [0.1, 0.15) is 11.1 Å². The van der Waals surface area contributed by atoms with Crippen LogP contribution < -0.4 is 14.8 Å². The third kappa shape index (κ3) is 2.58. The van der Waals surface area contributed by atoms with Gasteiger partial charge in [0.15, 0.2) is 11.5 Å². The minimum atomic E-state index is -0.257. The molecule has 1 aliphatic rings. The van der Waals surface area contributed by atoms with Gasteiger partial charge in [-0.05, 0) is 42.3 Å². The van der Waals surface area contributed by atoms with Gasteiger partial charge in [0, 0.05) is 11.0 Å². The van der Waals surface area contributed by atoms with Crippen LogP contribution in [0.25, 0.3) is 0 Å². The second-order valence-electron chi connectivity index (χ2n) is 4.63. The average molecular weight is 338 g/mol. The Kier molecular flexibility index (Phi) is 3.53. The standard InChI is InChI=1S/C15H13BrFNO2/c1-9-2-3-12(17)13(4-9)18-7-10-5-14-15(6-11(10)16)20-8-19-14/h2-6,18H,7-8H2,1H3. The first-order valence-electron chi connectivity index (χ1n) is 6.21. The van der Waals surface area contributed by atoms with E-state index in [1.165, 1.54) is 6.07 Å². The summed E-state index contributed by atoms with van der Waals surface area (Å²) in [6.07, 6.45) is 0. The number of hydrogen-bond donors (Lipinski definition) is 1. The van der Waals surface area contributed by atoms with Crippen molar-refractivity contribution in [2.24, 2.45) is 0 Å². The Bertz CT molecular complexity index is 661. The topological polar surface area (TPSA) is 30.5 Å². The maximum Gasteiger partial charge on any atom is 0.231 e. The number of aryl methyl sites for hydroxylation is 1. The van der Waals surface area contributed by atoms with Crippen LogP contribution in [0, 0.1) is 12.7 Å². The third-order valence-electron chi connectivity index (χ3n) is 3.13. The molecule has 20 heavy (non-hydrogen) atoms. The Morgan fingerprint density at radius 2 is 1.95 bits per heavy atom. The van der Waals surface area contributed by atoms with Gasteiger partial charge in [0.2, 0.25) is 6.79 Å². The Morgan fingerprint density at radius 3 is 2.75 bits per heavy atom. The van der Waals surface area contributed by atoms with E-state index in [1.54, 1.807) is 12.1 Å². The molecule has 0 atom stereocenters. The summed E-state index contributed by atoms with van der Waals surface area (Å²) >= 11 is 3.49. The Labute approximate surface area is 124 Å². The van der Waals surface area contributed by atoms with Crippen LogP contribution in [-0.4, -0.2) is 6.79 Å². The molecule has 3 nitrogen and oxygen atoms in total. The number of rotatable bonds is 3. The molecule has 1 heterocycles. The van der Waals surface area contributed by atoms with Crippen LogP contribution in [0.2, 0.25) is 0 Å². The van der Waals surface area contributed by atoms with E-state index in [2.05, 4.69) is 21.2 Å². The average Bonchev–Trinajstić information content (AvgIpc) is 2.86. The Balaban J connectivity index is 1.80. The predicted molar refractivity (Wildman–Crippen MR) is 78.7 cm³/mol. The molecule has 0 spiro atoms. The van der Waals surface area contributed by atoms with Crippen LogP contribution in [0.3, 0.4) is 0 Å². The van der Waals surface area contributed by atoms with Crippen molar-refractivity contribution in [3.63, 3.8) is 0 Å². The molecule has 104 valence electrons. The molecule has 0 saturated carbocycles. The van der Waals surface area contributed by atoms with Crippen molar-refractivity contribution in [2.45, 2.75) is 13.5 Å². The summed E-state index contributed by atoms with van der Waals surface area (Å²) in [5.74, 6) is 1.18. The number of nitrogens with one attached hydrogen (secondary N) is 1. The summed E-state index contributed by atoms with van der Waals surface area (Å²) in [6, 6.07) is 8.76. The van der Waals surface area contributed by atoms with E-state index in [4.69, 9.17) is 9.47 Å². The number of fused-ring (bicyclic) bond motifs is 1. The quantitative estimate of drug-likeness (QED) is 0.908. The lowest BCUT2D eigenvalue weighted by Crippen LogP contribution is -2.02. The van der Waals surface area contributed by atoms with Gasteiger partial charge in [0.25, 0.3) is 0 Å². The van der Waals surface area contributed by atoms with Crippen molar-refractivity contribution >= 4 is 21.6 Å². The first-order valence-corrected chi connectivity index (χ1v) is 7.01. The first kappa shape index (κ1) is 13.2. The summed E-state index contributed by atoms with van der Waals surface area (Å²) in [5, 5.41) is 3.10. The van der Waals surface area contributed by atoms with E-state index in [0.29, 0.717) is 12.2 Å². The summed E-state index contributed by atoms with van der Waals surface area (Å²) in [7, 11) is 0. The molecule has 2 aromatic carbocycles. The van der Waals surface area contributed by atoms with Gasteiger partial charge in [-0.15, -0.1) is 0 Å². The number of anilines is 1. The van der Waals surface area contributed by atoms with Gasteiger partial charge < -0.3 is 14.8 Å². The highest BCUT2D eigenvalue weighted by molar-refractivity contribution is 9.10. The third-order valence-corrected chi connectivity index (χ3v) is 3.87. The van der Waals surface area contributed by atoms with Crippen molar-refractivity contribution in [1.82, 2.24) is 0 Å². The molecule has 0 unspecified atom stereocenters. The minimum absolute atomic E-state index is 0.241. The molecular formula is C15H13BrFNO2. The summed E-state index contributed by atoms with van der Waals surface area (Å²) in [4.78, 5) is 0. The van der Waals surface area contributed by atoms with Crippen molar-refractivity contribution in [3.8, 4) is 11.5 Å². The minimum Gasteiger partial charge on any atom is -0.454 e. The van der Waals surface area contributed by atoms with E-state index in [1.807, 2.05) is 19.1 Å². The lowest BCUT2D eigenvalue weighted by atomic mass is 10.1. The van der Waals surface area contributed by atoms with Crippen LogP contribution in [0.5, 0.6) is 11.5 Å². The molecule has 3 rings (SSSR count). The van der Waals surface area contributed by atoms with Gasteiger partial charge in [-0.1, -0.05) is 22.0 Å². The van der Waals surface area contributed by atoms with Crippen LogP contribution in [-0.2, 0) is 6.54 Å². The normalized spacial score (nSPS) is 12.6. The number of ether oxygens (including phenoxy) is 2. The summed E-state index contributed by atoms with van der Waals surface area (Å²) in [5.41, 5.74) is 2.49. The molecule has 0 fully saturated rings. The molecule has 5 heteroatoms. The van der Waals surface area contributed by atoms with Crippen molar-refractivity contribution < 1.29 is 13.9 Å². The smallest absolute Gasteiger partial charge is 0.231 e. The SMILES string of the molecule is Cc1ccc(F)c(NCc2cc3c(cc2Br)OCO3)c1. The van der Waals surface area contributed by atoms with Gasteiger partial charge in [-0.3, -0.25) is 0 Å². The van der Waals surface area contributed by atoms with Gasteiger partial charge in [-0.25, -0.2) is 4.39 Å². The number of halogens is 2. The van der Waals surface area contributed by atoms with E-state index in [0.717, 1.165) is 27.1 Å². The zero-order valence-corrected chi connectivity index (χ0v) is 12.5. The monoisotopic (exact) mass is 337 g/mol. The second-order valence-corrected chi connectivity index (χ2v) is 5.49. The zero-order valence-electron chi connectivity index (χ0n) is 10.9. The highest BCUT2D eigenvalue weighted by Crippen LogP contribution is 2.37. The Morgan fingerprint density at radius 1 is 1.20 bits per heavy atom. The predicted octanol–water partition coefficient (Wildman–Crippen LogP) is 4.24. The molecule has 0 aromatic heterocycles. The van der Waals surface area contributed by atoms with Crippen molar-refractivity contribution in [1.29, 1.82) is 0 Å². The van der Waals surface area contributed by atoms with E-state index in [9.17, 15) is 4.39 Å². The number of hydrogen-bond acceptors (Lipinski definition) is 3. The van der Waals surface area contributed by atoms with E-state index < -0.39 is 0 Å². The number of benzene rings is 2. The van der Waals surface area contributed by atoms with Crippen molar-refractivity contribution in [3.05, 3.63) is 51.7 Å². The molecule has 0 saturated heterocycles. The fourth-order valence-corrected chi connectivity index (χ4v) is 2.52. The molecule has 1 aliphatic heterocycles. The summed E-state index contributed by atoms with van der Waals surface area (Å²) in [6.45, 7) is 2.67. The Hall–Kier alpha value is -1.75. The van der Waals surface area contributed by atoms with Crippen molar-refractivity contribution in [2.75, 3.05) is 12.1 Å². The first-order chi connectivity index (χ1) is 9.63. The molecule has 0 aliphatic carbocycles. The largest absolute Gasteiger partial charge is 0.454 e. The van der Waals surface area contributed by atoms with E-state index >= 15 is 0 Å². The van der Waals surface area contributed by atoms with Crippen LogP contribution >= 0.6 is 15.9 Å². The van der Waals surface area contributed by atoms with Gasteiger partial charge in [0.05, 0.1) is 5.69 Å². The maximum absolute atomic E-state index is 13.7. The summed E-state index contributed by atoms with van der Waals surface area (Å²) < 4.78 is 25.2. The molecule has 0 radical (unpaired) electrons. The zero-order chi connectivity index (χ0) is 14.1. The van der Waals surface area contributed by atoms with Crippen LogP contribution in [0.4, 0.5) is 10.1 Å². The lowest BCUT2D eigenvalue weighted by molar-refractivity contribution is 0.174. The fourth-order valence-electron chi connectivity index (χ4n) is 2.06. The van der Waals surface area contributed by atoms with Gasteiger partial charge >= 0.3 is 0 Å². The van der Waals surface area contributed by atoms with Gasteiger partial charge in [-0.2, -0.15) is 0 Å². The molecule has 0 amide bonds. The second kappa shape index (κ2) is 5.32. The van der Waals surface area contributed by atoms with Gasteiger partial charge in [0.1, 0.15) is 5.82 Å². The molecule has 2 aromatic rings. The van der Waals surface area contributed by atoms with E-state index in [-0.39, 0.29) is 12.6 Å². The maximum atomic E-state index is 13.7. The fraction of sp³-hybridized carbons (Fsp3) is 0.200. The highest BCUT2D eigenvalue weighted by atomic mass is 79.9. The lowest BCUT2D eigenvalue weighted by Gasteiger charge is -2.10. The molecular weight excluding hydrogens is 325 g/mol. The highest BCUT2D eigenvalue weighted by Gasteiger charge is 2.16. The molecule has 0 bridgehead atoms.